The Morgan fingerprint density at radius 3 is 2.12 bits per heavy atom. The number of nitrogens with two attached hydrogens (primary N) is 1. The molecule has 3 aliphatic carbocycles. The molecular formula is C55H66N8O12. The highest BCUT2D eigenvalue weighted by Gasteiger charge is 2.54. The molecule has 8 N–H and O–H groups in total. The van der Waals surface area contributed by atoms with Gasteiger partial charge in [-0.05, 0) is 114 Å². The Hall–Kier alpha value is -7.87. The predicted molar refractivity (Wildman–Crippen MR) is 274 cm³/mol. The third kappa shape index (κ3) is 15.6. The van der Waals surface area contributed by atoms with E-state index in [2.05, 4.69) is 39.2 Å². The van der Waals surface area contributed by atoms with E-state index in [0.29, 0.717) is 40.2 Å². The number of rotatable bonds is 24. The van der Waals surface area contributed by atoms with E-state index in [1.807, 2.05) is 18.2 Å². The van der Waals surface area contributed by atoms with Crippen molar-refractivity contribution in [1.82, 2.24) is 26.7 Å². The van der Waals surface area contributed by atoms with Crippen LogP contribution in [0, 0.1) is 27.4 Å². The van der Waals surface area contributed by atoms with E-state index in [0.717, 1.165) is 44.1 Å². The standard InChI is InChI=1S/C55H66N8O12/c1-55-26-25-41-40-22-20-39(29-38(40)19-21-42(41)43(55)23-24-47(55)64)73-34-49(66)59-44(18-11-27-57-54(56)62-63(71)72)51(68)58-31-48(65)60-45(30-50(67)74-32-36-14-7-3-8-15-36)52(69)61-46(28-35-12-5-2-6-13-35)53(70)75-33-37-16-9-4-10-17-37/h2-10,12-17,20,22,29,41-47,64H,11,18-19,21,23-28,30-34H2,1H3,(H,58,68)(H,59,66)(H,60,65)(H,61,69)(H3,56,57,62)/t41-,42-,43+,44+,45-,46+,47+,55+/m1/s1. The van der Waals surface area contributed by atoms with Gasteiger partial charge >= 0.3 is 11.9 Å². The van der Waals surface area contributed by atoms with E-state index >= 15 is 0 Å². The zero-order valence-corrected chi connectivity index (χ0v) is 42.0. The number of carbonyl (C=O) groups excluding carboxylic acids is 6. The second-order valence-electron chi connectivity index (χ2n) is 19.6. The van der Waals surface area contributed by atoms with Gasteiger partial charge in [0.05, 0.1) is 19.1 Å². The van der Waals surface area contributed by atoms with Crippen molar-refractivity contribution in [2.45, 2.75) is 114 Å². The molecular weight excluding hydrogens is 965 g/mol. The predicted octanol–water partition coefficient (Wildman–Crippen LogP) is 3.85. The van der Waals surface area contributed by atoms with Crippen LogP contribution in [0.4, 0.5) is 0 Å². The summed E-state index contributed by atoms with van der Waals surface area (Å²) in [6, 6.07) is 28.4. The van der Waals surface area contributed by atoms with Gasteiger partial charge in [0.2, 0.25) is 17.7 Å². The molecule has 0 aromatic heterocycles. The molecule has 0 radical (unpaired) electrons. The van der Waals surface area contributed by atoms with E-state index in [1.54, 1.807) is 90.4 Å². The molecule has 0 aliphatic heterocycles. The number of carbonyl (C=O) groups is 6. The first-order valence-corrected chi connectivity index (χ1v) is 25.4. The maximum atomic E-state index is 14.1. The normalized spacial score (nSPS) is 20.7. The monoisotopic (exact) mass is 1030 g/mol. The van der Waals surface area contributed by atoms with Gasteiger partial charge in [0.15, 0.2) is 11.6 Å². The molecule has 7 rings (SSSR count). The first-order chi connectivity index (χ1) is 36.1. The van der Waals surface area contributed by atoms with Crippen LogP contribution in [0.1, 0.15) is 92.0 Å². The Kier molecular flexibility index (Phi) is 19.3. The molecule has 4 amide bonds. The number of esters is 2. The van der Waals surface area contributed by atoms with Crippen LogP contribution in [-0.4, -0.2) is 95.6 Å². The zero-order chi connectivity index (χ0) is 53.3. The Morgan fingerprint density at radius 1 is 0.787 bits per heavy atom. The largest absolute Gasteiger partial charge is 0.484 e. The third-order valence-electron chi connectivity index (χ3n) is 14.6. The number of hydrazine groups is 1. The number of aliphatic hydroxyl groups excluding tert-OH is 1. The van der Waals surface area contributed by atoms with Crippen LogP contribution in [0.2, 0.25) is 0 Å². The van der Waals surface area contributed by atoms with Gasteiger partial charge in [-0.25, -0.2) is 19.9 Å². The number of hydrogen-bond acceptors (Lipinski definition) is 13. The fourth-order valence-electron chi connectivity index (χ4n) is 10.8. The quantitative estimate of drug-likeness (QED) is 0.0131. The molecule has 3 aliphatic rings. The summed E-state index contributed by atoms with van der Waals surface area (Å²) in [5.74, 6) is -3.46. The molecule has 0 spiro atoms. The number of nitro groups is 1. The van der Waals surface area contributed by atoms with Crippen LogP contribution in [0.15, 0.2) is 114 Å². The molecule has 0 bridgehead atoms. The summed E-state index contributed by atoms with van der Waals surface area (Å²) < 4.78 is 17.0. The number of fused-ring (bicyclic) bond motifs is 5. The maximum absolute atomic E-state index is 14.1. The van der Waals surface area contributed by atoms with Gasteiger partial charge in [0.25, 0.3) is 11.9 Å². The fourth-order valence-corrected chi connectivity index (χ4v) is 10.8. The summed E-state index contributed by atoms with van der Waals surface area (Å²) in [7, 11) is 0. The first kappa shape index (κ1) is 54.9. The Bertz CT molecular complexity index is 2660. The minimum absolute atomic E-state index is 0.0127. The highest BCUT2D eigenvalue weighted by Crippen LogP contribution is 2.61. The summed E-state index contributed by atoms with van der Waals surface area (Å²) in [6.07, 6.45) is 4.89. The molecule has 2 fully saturated rings. The van der Waals surface area contributed by atoms with E-state index in [4.69, 9.17) is 19.9 Å². The lowest BCUT2D eigenvalue weighted by Gasteiger charge is -2.50. The topological polar surface area (TPSA) is 292 Å². The van der Waals surface area contributed by atoms with E-state index in [9.17, 15) is 44.0 Å². The Morgan fingerprint density at radius 2 is 1.44 bits per heavy atom. The van der Waals surface area contributed by atoms with Gasteiger partial charge in [-0.1, -0.05) is 109 Å². The summed E-state index contributed by atoms with van der Waals surface area (Å²) >= 11 is 0. The van der Waals surface area contributed by atoms with E-state index in [1.165, 1.54) is 5.56 Å². The number of aliphatic hydroxyl groups is 1. The van der Waals surface area contributed by atoms with Crippen molar-refractivity contribution in [3.8, 4) is 5.75 Å². The van der Waals surface area contributed by atoms with Gasteiger partial charge in [0.1, 0.15) is 37.1 Å². The van der Waals surface area contributed by atoms with Crippen molar-refractivity contribution < 1.29 is 53.1 Å². The fraction of sp³-hybridized carbons (Fsp3) is 0.436. The highest BCUT2D eigenvalue weighted by molar-refractivity contribution is 5.95. The third-order valence-corrected chi connectivity index (χ3v) is 14.6. The molecule has 0 saturated heterocycles. The van der Waals surface area contributed by atoms with Crippen LogP contribution in [0.3, 0.4) is 0 Å². The lowest BCUT2D eigenvalue weighted by molar-refractivity contribution is -0.525. The molecule has 8 atom stereocenters. The molecule has 75 heavy (non-hydrogen) atoms. The highest BCUT2D eigenvalue weighted by atomic mass is 16.7. The van der Waals surface area contributed by atoms with Gasteiger partial charge in [-0.15, -0.1) is 0 Å². The Balaban J connectivity index is 0.989. The molecule has 4 aromatic carbocycles. The molecule has 20 heteroatoms. The molecule has 20 nitrogen and oxygen atoms in total. The summed E-state index contributed by atoms with van der Waals surface area (Å²) in [4.78, 5) is 96.4. The van der Waals surface area contributed by atoms with Crippen molar-refractivity contribution in [3.63, 3.8) is 0 Å². The lowest BCUT2D eigenvalue weighted by Crippen LogP contribution is -2.55. The van der Waals surface area contributed by atoms with Gasteiger partial charge in [-0.2, -0.15) is 0 Å². The molecule has 398 valence electrons. The van der Waals surface area contributed by atoms with Crippen molar-refractivity contribution in [2.24, 2.45) is 28.0 Å². The molecule has 2 saturated carbocycles. The van der Waals surface area contributed by atoms with Crippen LogP contribution in [0.25, 0.3) is 0 Å². The molecule has 0 unspecified atom stereocenters. The number of nitrogens with one attached hydrogen (secondary N) is 5. The number of benzene rings is 4. The Labute approximate surface area is 435 Å². The number of hydrogen-bond donors (Lipinski definition) is 7. The SMILES string of the molecule is C[C@]12CC[C@@H]3c4ccc(OCC(=O)N[C@@H](CCCN=C(N)N[N+](=O)[O-])C(=O)NCC(=O)N[C@H](CC(=O)OCc5ccccc5)C(=O)N[C@@H](Cc5ccccc5)C(=O)OCc5ccccc5)cc4CC[C@H]3[C@@H]1CC[C@@H]2O. The van der Waals surface area contributed by atoms with E-state index < -0.39 is 84.3 Å². The van der Waals surface area contributed by atoms with Gasteiger partial charge in [0, 0.05) is 13.0 Å². The second-order valence-corrected chi connectivity index (χ2v) is 19.6. The van der Waals surface area contributed by atoms with Crippen molar-refractivity contribution in [2.75, 3.05) is 19.7 Å². The van der Waals surface area contributed by atoms with Crippen molar-refractivity contribution >= 4 is 41.5 Å². The van der Waals surface area contributed by atoms with Crippen molar-refractivity contribution in [1.29, 1.82) is 0 Å². The minimum atomic E-state index is -1.59. The van der Waals surface area contributed by atoms with Gasteiger partial charge < -0.3 is 46.3 Å². The summed E-state index contributed by atoms with van der Waals surface area (Å²) in [5, 5.41) is 31.0. The average Bonchev–Trinajstić information content (AvgIpc) is 3.73. The number of ether oxygens (including phenoxy) is 3. The number of guanidine groups is 1. The van der Waals surface area contributed by atoms with Crippen LogP contribution < -0.4 is 37.2 Å². The molecule has 4 aromatic rings. The van der Waals surface area contributed by atoms with Gasteiger partial charge in [-0.3, -0.25) is 24.0 Å². The zero-order valence-electron chi connectivity index (χ0n) is 42.0. The van der Waals surface area contributed by atoms with Crippen LogP contribution in [0.5, 0.6) is 5.75 Å². The maximum Gasteiger partial charge on any atom is 0.329 e. The first-order valence-electron chi connectivity index (χ1n) is 25.4. The number of aryl methyl sites for hydroxylation is 1. The average molecular weight is 1030 g/mol. The lowest BCUT2D eigenvalue weighted by atomic mass is 9.55. The summed E-state index contributed by atoms with van der Waals surface area (Å²) in [5.41, 5.74) is 11.8. The van der Waals surface area contributed by atoms with E-state index in [-0.39, 0.29) is 50.5 Å². The van der Waals surface area contributed by atoms with Crippen LogP contribution in [-0.2, 0) is 64.3 Å². The second kappa shape index (κ2) is 26.4. The molecule has 0 heterocycles. The number of aliphatic imine (C=N–C) groups is 1. The minimum Gasteiger partial charge on any atom is -0.484 e. The summed E-state index contributed by atoms with van der Waals surface area (Å²) in [6.45, 7) is 0.807. The number of amides is 4. The van der Waals surface area contributed by atoms with Crippen LogP contribution >= 0.6 is 0 Å². The van der Waals surface area contributed by atoms with Crippen molar-refractivity contribution in [3.05, 3.63) is 147 Å². The number of nitrogens with zero attached hydrogens (tertiary/aromatic N) is 2. The smallest absolute Gasteiger partial charge is 0.329 e.